The number of nitrogens with one attached hydrogen (secondary N) is 1. The molecule has 2 aromatic rings. The van der Waals surface area contributed by atoms with Gasteiger partial charge in [-0.1, -0.05) is 60.1 Å². The fourth-order valence-electron chi connectivity index (χ4n) is 3.20. The van der Waals surface area contributed by atoms with E-state index in [-0.39, 0.29) is 25.5 Å². The molecule has 1 heterocycles. The summed E-state index contributed by atoms with van der Waals surface area (Å²) in [7, 11) is 0. The smallest absolute Gasteiger partial charge is 0.311 e. The first-order valence-corrected chi connectivity index (χ1v) is 9.89. The zero-order valence-electron chi connectivity index (χ0n) is 16.0. The number of carbonyl (C=O) groups is 3. The van der Waals surface area contributed by atoms with E-state index < -0.39 is 17.8 Å². The number of carbonyl (C=O) groups excluding carboxylic acids is 3. The average molecular weight is 415 g/mol. The van der Waals surface area contributed by atoms with E-state index in [1.54, 1.807) is 11.0 Å². The number of nitrogens with zero attached hydrogens (tertiary/aromatic N) is 1. The minimum atomic E-state index is -0.533. The predicted molar refractivity (Wildman–Crippen MR) is 109 cm³/mol. The Labute approximate surface area is 174 Å². The summed E-state index contributed by atoms with van der Waals surface area (Å²) < 4.78 is 5.10. The van der Waals surface area contributed by atoms with Gasteiger partial charge in [0.05, 0.1) is 5.92 Å². The van der Waals surface area contributed by atoms with Gasteiger partial charge in [-0.25, -0.2) is 0 Å². The Morgan fingerprint density at radius 1 is 1.10 bits per heavy atom. The molecule has 0 aromatic heterocycles. The van der Waals surface area contributed by atoms with Crippen LogP contribution in [0.3, 0.4) is 0 Å². The van der Waals surface area contributed by atoms with Crippen molar-refractivity contribution < 1.29 is 19.1 Å². The summed E-state index contributed by atoms with van der Waals surface area (Å²) in [5.74, 6) is -1.53. The van der Waals surface area contributed by atoms with Gasteiger partial charge in [0, 0.05) is 31.1 Å². The topological polar surface area (TPSA) is 75.7 Å². The molecule has 1 aliphatic heterocycles. The van der Waals surface area contributed by atoms with Crippen molar-refractivity contribution in [3.05, 3.63) is 70.7 Å². The van der Waals surface area contributed by atoms with Gasteiger partial charge in [0.1, 0.15) is 0 Å². The number of hydrogen-bond donors (Lipinski definition) is 1. The van der Waals surface area contributed by atoms with Crippen LogP contribution in [0.2, 0.25) is 5.02 Å². The van der Waals surface area contributed by atoms with E-state index in [1.165, 1.54) is 0 Å². The van der Waals surface area contributed by atoms with E-state index in [9.17, 15) is 14.4 Å². The van der Waals surface area contributed by atoms with Crippen LogP contribution in [0.5, 0.6) is 0 Å². The van der Waals surface area contributed by atoms with Crippen molar-refractivity contribution >= 4 is 29.4 Å². The highest BCUT2D eigenvalue weighted by atomic mass is 35.5. The summed E-state index contributed by atoms with van der Waals surface area (Å²) in [5, 5.41) is 3.22. The van der Waals surface area contributed by atoms with Gasteiger partial charge in [-0.05, 0) is 23.6 Å². The van der Waals surface area contributed by atoms with E-state index in [2.05, 4.69) is 5.32 Å². The average Bonchev–Trinajstić information content (AvgIpc) is 3.11. The van der Waals surface area contributed by atoms with Crippen molar-refractivity contribution in [2.45, 2.75) is 19.4 Å². The number of hydrogen-bond acceptors (Lipinski definition) is 4. The Morgan fingerprint density at radius 3 is 2.59 bits per heavy atom. The van der Waals surface area contributed by atoms with Crippen LogP contribution in [-0.4, -0.2) is 42.4 Å². The van der Waals surface area contributed by atoms with Crippen molar-refractivity contribution in [1.29, 1.82) is 0 Å². The lowest BCUT2D eigenvalue weighted by Gasteiger charge is -2.16. The van der Waals surface area contributed by atoms with Gasteiger partial charge in [-0.15, -0.1) is 0 Å². The number of amides is 2. The fourth-order valence-corrected chi connectivity index (χ4v) is 3.40. The van der Waals surface area contributed by atoms with E-state index >= 15 is 0 Å². The van der Waals surface area contributed by atoms with Gasteiger partial charge in [0.2, 0.25) is 5.91 Å². The molecule has 2 amide bonds. The Hall–Kier alpha value is -2.86. The van der Waals surface area contributed by atoms with Crippen LogP contribution in [0.4, 0.5) is 0 Å². The van der Waals surface area contributed by atoms with Crippen LogP contribution >= 0.6 is 11.6 Å². The highest BCUT2D eigenvalue weighted by molar-refractivity contribution is 6.31. The number of rotatable bonds is 8. The summed E-state index contributed by atoms with van der Waals surface area (Å²) in [4.78, 5) is 38.0. The lowest BCUT2D eigenvalue weighted by atomic mass is 10.1. The van der Waals surface area contributed by atoms with Crippen LogP contribution in [0.25, 0.3) is 0 Å². The molecule has 2 aromatic carbocycles. The molecule has 7 heteroatoms. The molecule has 0 bridgehead atoms. The van der Waals surface area contributed by atoms with Crippen LogP contribution in [0, 0.1) is 5.92 Å². The Balaban J connectivity index is 1.39. The van der Waals surface area contributed by atoms with E-state index in [4.69, 9.17) is 16.3 Å². The van der Waals surface area contributed by atoms with Crippen molar-refractivity contribution in [2.24, 2.45) is 5.92 Å². The maximum Gasteiger partial charge on any atom is 0.311 e. The minimum absolute atomic E-state index is 0.0638. The Bertz CT molecular complexity index is 872. The molecule has 6 nitrogen and oxygen atoms in total. The molecule has 0 aliphatic carbocycles. The van der Waals surface area contributed by atoms with E-state index in [0.717, 1.165) is 17.5 Å². The predicted octanol–water partition coefficient (Wildman–Crippen LogP) is 2.59. The standard InChI is InChI=1S/C22H23ClN2O4/c23-19-9-5-4-8-17(19)13-24-20(26)15-29-22(28)18-12-21(27)25(14-18)11-10-16-6-2-1-3-7-16/h1-9,18H,10-15H2,(H,24,26)/t18-/m0/s1. The second-order valence-corrected chi connectivity index (χ2v) is 7.36. The lowest BCUT2D eigenvalue weighted by Crippen LogP contribution is -2.31. The highest BCUT2D eigenvalue weighted by Crippen LogP contribution is 2.20. The SMILES string of the molecule is O=C(COC(=O)[C@H]1CC(=O)N(CCc2ccccc2)C1)NCc1ccccc1Cl. The Kier molecular flexibility index (Phi) is 7.25. The second-order valence-electron chi connectivity index (χ2n) is 6.95. The molecule has 1 saturated heterocycles. The van der Waals surface area contributed by atoms with Crippen molar-refractivity contribution in [1.82, 2.24) is 10.2 Å². The zero-order chi connectivity index (χ0) is 20.6. The third kappa shape index (κ3) is 6.06. The minimum Gasteiger partial charge on any atom is -0.455 e. The monoisotopic (exact) mass is 414 g/mol. The molecule has 0 saturated carbocycles. The number of ether oxygens (including phenoxy) is 1. The van der Waals surface area contributed by atoms with Crippen LogP contribution in [0.15, 0.2) is 54.6 Å². The Morgan fingerprint density at radius 2 is 1.83 bits per heavy atom. The maximum atomic E-state index is 12.2. The highest BCUT2D eigenvalue weighted by Gasteiger charge is 2.35. The molecular weight excluding hydrogens is 392 g/mol. The van der Waals surface area contributed by atoms with Gasteiger partial charge in [0.25, 0.3) is 5.91 Å². The lowest BCUT2D eigenvalue weighted by molar-refractivity contribution is -0.152. The summed E-state index contributed by atoms with van der Waals surface area (Å²) >= 11 is 6.04. The van der Waals surface area contributed by atoms with Gasteiger partial charge in [-0.2, -0.15) is 0 Å². The van der Waals surface area contributed by atoms with Crippen LogP contribution in [0.1, 0.15) is 17.5 Å². The molecule has 0 unspecified atom stereocenters. The first-order chi connectivity index (χ1) is 14.0. The molecule has 3 rings (SSSR count). The second kappa shape index (κ2) is 10.1. The van der Waals surface area contributed by atoms with Gasteiger partial charge in [0.15, 0.2) is 6.61 Å². The summed E-state index contributed by atoms with van der Waals surface area (Å²) in [6.07, 6.45) is 0.855. The molecule has 0 radical (unpaired) electrons. The third-order valence-corrected chi connectivity index (χ3v) is 5.21. The molecule has 1 fully saturated rings. The maximum absolute atomic E-state index is 12.2. The quantitative estimate of drug-likeness (QED) is 0.674. The third-order valence-electron chi connectivity index (χ3n) is 4.84. The first kappa shape index (κ1) is 20.9. The van der Waals surface area contributed by atoms with Gasteiger partial charge in [-0.3, -0.25) is 14.4 Å². The largest absolute Gasteiger partial charge is 0.455 e. The number of esters is 1. The van der Waals surface area contributed by atoms with Crippen molar-refractivity contribution in [3.8, 4) is 0 Å². The molecule has 1 N–H and O–H groups in total. The first-order valence-electron chi connectivity index (χ1n) is 9.51. The summed E-state index contributed by atoms with van der Waals surface area (Å²) in [6, 6.07) is 17.1. The van der Waals surface area contributed by atoms with Gasteiger partial charge < -0.3 is 15.0 Å². The molecule has 1 atom stereocenters. The van der Waals surface area contributed by atoms with Crippen LogP contribution < -0.4 is 5.32 Å². The number of likely N-dealkylation sites (tertiary alicyclic amines) is 1. The molecule has 152 valence electrons. The molecule has 29 heavy (non-hydrogen) atoms. The van der Waals surface area contributed by atoms with Crippen molar-refractivity contribution in [2.75, 3.05) is 19.7 Å². The normalized spacial score (nSPS) is 16.0. The summed E-state index contributed by atoms with van der Waals surface area (Å²) in [6.45, 7) is 0.764. The van der Waals surface area contributed by atoms with Crippen LogP contribution in [-0.2, 0) is 32.1 Å². The van der Waals surface area contributed by atoms with Crippen molar-refractivity contribution in [3.63, 3.8) is 0 Å². The fraction of sp³-hybridized carbons (Fsp3) is 0.318. The summed E-state index contributed by atoms with van der Waals surface area (Å²) in [5.41, 5.74) is 1.92. The van der Waals surface area contributed by atoms with E-state index in [1.807, 2.05) is 48.5 Å². The molecule has 0 spiro atoms. The molecule has 1 aliphatic rings. The number of benzene rings is 2. The number of halogens is 1. The zero-order valence-corrected chi connectivity index (χ0v) is 16.7. The van der Waals surface area contributed by atoms with Gasteiger partial charge >= 0.3 is 5.97 Å². The van der Waals surface area contributed by atoms with E-state index in [0.29, 0.717) is 18.1 Å². The molecular formula is C22H23ClN2O4.